The van der Waals surface area contributed by atoms with Crippen LogP contribution in [-0.2, 0) is 11.2 Å². The van der Waals surface area contributed by atoms with Gasteiger partial charge in [-0.05, 0) is 53.2 Å². The molecule has 0 fully saturated rings. The zero-order valence-electron chi connectivity index (χ0n) is 10.6. The van der Waals surface area contributed by atoms with E-state index in [1.165, 1.54) is 28.6 Å². The third-order valence-corrected chi connectivity index (χ3v) is 4.90. The second-order valence-corrected chi connectivity index (χ2v) is 7.03. The highest BCUT2D eigenvalue weighted by Crippen LogP contribution is 2.37. The van der Waals surface area contributed by atoms with E-state index in [1.807, 2.05) is 17.4 Å². The number of ether oxygens (including phenoxy) is 1. The number of hydrogen-bond donors (Lipinski definition) is 1. The summed E-state index contributed by atoms with van der Waals surface area (Å²) in [6.45, 7) is 6.17. The zero-order valence-corrected chi connectivity index (χ0v) is 13.0. The smallest absolute Gasteiger partial charge is 0.0704 e. The van der Waals surface area contributed by atoms with Gasteiger partial charge in [0.05, 0.1) is 17.0 Å². The molecule has 1 aliphatic rings. The maximum atomic E-state index is 5.52. The Balaban J connectivity index is 1.75. The van der Waals surface area contributed by atoms with Gasteiger partial charge in [-0.1, -0.05) is 6.08 Å². The first-order valence-electron chi connectivity index (χ1n) is 6.51. The normalized spacial score (nSPS) is 18.6. The summed E-state index contributed by atoms with van der Waals surface area (Å²) in [5.41, 5.74) is 1.49. The van der Waals surface area contributed by atoms with E-state index in [2.05, 4.69) is 33.9 Å². The molecule has 1 unspecified atom stereocenters. The molecule has 4 heteroatoms. The molecule has 1 aromatic rings. The number of halogens is 1. The molecule has 1 N–H and O–H groups in total. The highest BCUT2D eigenvalue weighted by molar-refractivity contribution is 9.11. The minimum Gasteiger partial charge on any atom is -0.380 e. The van der Waals surface area contributed by atoms with Gasteiger partial charge < -0.3 is 10.1 Å². The summed E-state index contributed by atoms with van der Waals surface area (Å²) < 4.78 is 6.77. The van der Waals surface area contributed by atoms with E-state index < -0.39 is 0 Å². The third kappa shape index (κ3) is 3.92. The Morgan fingerprint density at radius 2 is 2.44 bits per heavy atom. The van der Waals surface area contributed by atoms with Crippen LogP contribution in [0.15, 0.2) is 22.5 Å². The largest absolute Gasteiger partial charge is 0.380 e. The van der Waals surface area contributed by atoms with Crippen LogP contribution in [0.1, 0.15) is 35.7 Å². The molecule has 0 amide bonds. The molecular formula is C14H20BrNOS. The summed E-state index contributed by atoms with van der Waals surface area (Å²) >= 11 is 5.47. The number of hydrogen-bond acceptors (Lipinski definition) is 3. The maximum Gasteiger partial charge on any atom is 0.0704 e. The molecule has 0 saturated heterocycles. The molecule has 2 nitrogen and oxygen atoms in total. The van der Waals surface area contributed by atoms with E-state index in [9.17, 15) is 0 Å². The standard InChI is InChI=1S/C14H20BrNOS/c1-2-3-8-17-9-7-16-12-5-4-6-13-11(12)10-14(15)18-13/h2,10,12,16H,1,3-9H2. The number of thiophene rings is 1. The second kappa shape index (κ2) is 7.43. The predicted molar refractivity (Wildman–Crippen MR) is 81.3 cm³/mol. The van der Waals surface area contributed by atoms with Crippen molar-refractivity contribution in [3.05, 3.63) is 32.9 Å². The topological polar surface area (TPSA) is 21.3 Å². The van der Waals surface area contributed by atoms with E-state index >= 15 is 0 Å². The molecule has 0 saturated carbocycles. The fraction of sp³-hybridized carbons (Fsp3) is 0.571. The number of aryl methyl sites for hydroxylation is 1. The van der Waals surface area contributed by atoms with Crippen molar-refractivity contribution in [2.75, 3.05) is 19.8 Å². The van der Waals surface area contributed by atoms with Crippen LogP contribution in [0, 0.1) is 0 Å². The van der Waals surface area contributed by atoms with Gasteiger partial charge in [0.2, 0.25) is 0 Å². The Kier molecular flexibility index (Phi) is 5.89. The lowest BCUT2D eigenvalue weighted by atomic mass is 9.94. The molecule has 0 spiro atoms. The van der Waals surface area contributed by atoms with E-state index in [1.54, 1.807) is 4.88 Å². The van der Waals surface area contributed by atoms with E-state index in [0.29, 0.717) is 6.04 Å². The molecule has 0 aliphatic heterocycles. The summed E-state index contributed by atoms with van der Waals surface area (Å²) in [7, 11) is 0. The van der Waals surface area contributed by atoms with Crippen molar-refractivity contribution in [2.24, 2.45) is 0 Å². The maximum absolute atomic E-state index is 5.52. The fourth-order valence-corrected chi connectivity index (χ4v) is 4.13. The van der Waals surface area contributed by atoms with Crippen LogP contribution in [0.4, 0.5) is 0 Å². The van der Waals surface area contributed by atoms with Crippen molar-refractivity contribution < 1.29 is 4.74 Å². The van der Waals surface area contributed by atoms with Gasteiger partial charge in [0.1, 0.15) is 0 Å². The first kappa shape index (κ1) is 14.3. The SMILES string of the molecule is C=CCCOCCNC1CCCc2sc(Br)cc21. The van der Waals surface area contributed by atoms with Crippen LogP contribution in [-0.4, -0.2) is 19.8 Å². The van der Waals surface area contributed by atoms with E-state index in [0.717, 1.165) is 26.2 Å². The quantitative estimate of drug-likeness (QED) is 0.601. The Morgan fingerprint density at radius 1 is 1.56 bits per heavy atom. The first-order chi connectivity index (χ1) is 8.81. The summed E-state index contributed by atoms with van der Waals surface area (Å²) in [6, 6.07) is 2.79. The Labute approximate surface area is 122 Å². The monoisotopic (exact) mass is 329 g/mol. The molecule has 1 aliphatic carbocycles. The number of nitrogens with one attached hydrogen (secondary N) is 1. The summed E-state index contributed by atoms with van der Waals surface area (Å²) in [4.78, 5) is 1.54. The zero-order chi connectivity index (χ0) is 12.8. The average Bonchev–Trinajstić information content (AvgIpc) is 2.74. The lowest BCUT2D eigenvalue weighted by Gasteiger charge is -2.23. The molecule has 100 valence electrons. The second-order valence-electron chi connectivity index (χ2n) is 4.52. The van der Waals surface area contributed by atoms with Crippen molar-refractivity contribution in [3.8, 4) is 0 Å². The van der Waals surface area contributed by atoms with Gasteiger partial charge in [-0.15, -0.1) is 17.9 Å². The van der Waals surface area contributed by atoms with Gasteiger partial charge in [0.25, 0.3) is 0 Å². The molecule has 0 aromatic carbocycles. The Bertz CT molecular complexity index is 391. The highest BCUT2D eigenvalue weighted by Gasteiger charge is 2.21. The lowest BCUT2D eigenvalue weighted by molar-refractivity contribution is 0.137. The van der Waals surface area contributed by atoms with Crippen LogP contribution in [0.2, 0.25) is 0 Å². The molecule has 0 radical (unpaired) electrons. The van der Waals surface area contributed by atoms with Gasteiger partial charge in [0.15, 0.2) is 0 Å². The van der Waals surface area contributed by atoms with Crippen molar-refractivity contribution in [1.29, 1.82) is 0 Å². The van der Waals surface area contributed by atoms with Crippen molar-refractivity contribution in [2.45, 2.75) is 31.7 Å². The van der Waals surface area contributed by atoms with Gasteiger partial charge in [-0.3, -0.25) is 0 Å². The van der Waals surface area contributed by atoms with Crippen LogP contribution >= 0.6 is 27.3 Å². The minimum atomic E-state index is 0.513. The van der Waals surface area contributed by atoms with Crippen LogP contribution in [0.5, 0.6) is 0 Å². The number of fused-ring (bicyclic) bond motifs is 1. The van der Waals surface area contributed by atoms with Gasteiger partial charge in [-0.25, -0.2) is 0 Å². The van der Waals surface area contributed by atoms with Crippen LogP contribution in [0.25, 0.3) is 0 Å². The van der Waals surface area contributed by atoms with Crippen LogP contribution < -0.4 is 5.32 Å². The van der Waals surface area contributed by atoms with Crippen molar-refractivity contribution in [3.63, 3.8) is 0 Å². The Morgan fingerprint density at radius 3 is 3.28 bits per heavy atom. The predicted octanol–water partition coefficient (Wildman–Crippen LogP) is 4.07. The Hall–Kier alpha value is -0.160. The molecule has 18 heavy (non-hydrogen) atoms. The van der Waals surface area contributed by atoms with Gasteiger partial charge in [0, 0.05) is 17.5 Å². The van der Waals surface area contributed by atoms with Crippen LogP contribution in [0.3, 0.4) is 0 Å². The van der Waals surface area contributed by atoms with Crippen molar-refractivity contribution >= 4 is 27.3 Å². The summed E-state index contributed by atoms with van der Waals surface area (Å²) in [6.07, 6.45) is 6.59. The average molecular weight is 330 g/mol. The van der Waals surface area contributed by atoms with Gasteiger partial charge in [-0.2, -0.15) is 0 Å². The molecule has 0 bridgehead atoms. The third-order valence-electron chi connectivity index (χ3n) is 3.19. The fourth-order valence-electron chi connectivity index (χ4n) is 2.31. The molecular weight excluding hydrogens is 310 g/mol. The molecule has 1 aromatic heterocycles. The minimum absolute atomic E-state index is 0.513. The first-order valence-corrected chi connectivity index (χ1v) is 8.12. The molecule has 1 atom stereocenters. The number of rotatable bonds is 7. The summed E-state index contributed by atoms with van der Waals surface area (Å²) in [5, 5.41) is 3.60. The molecule has 2 rings (SSSR count). The van der Waals surface area contributed by atoms with E-state index in [4.69, 9.17) is 4.74 Å². The summed E-state index contributed by atoms with van der Waals surface area (Å²) in [5.74, 6) is 0. The lowest BCUT2D eigenvalue weighted by Crippen LogP contribution is -2.27. The van der Waals surface area contributed by atoms with Crippen molar-refractivity contribution in [1.82, 2.24) is 5.32 Å². The van der Waals surface area contributed by atoms with Gasteiger partial charge >= 0.3 is 0 Å². The highest BCUT2D eigenvalue weighted by atomic mass is 79.9. The van der Waals surface area contributed by atoms with E-state index in [-0.39, 0.29) is 0 Å². The molecule has 1 heterocycles.